The van der Waals surface area contributed by atoms with Crippen molar-refractivity contribution >= 4 is 22.6 Å². The van der Waals surface area contributed by atoms with Crippen LogP contribution >= 0.6 is 0 Å². The van der Waals surface area contributed by atoms with Crippen molar-refractivity contribution in [2.24, 2.45) is 0 Å². The average molecular weight is 416 g/mol. The third-order valence-electron chi connectivity index (χ3n) is 5.31. The Kier molecular flexibility index (Phi) is 5.88. The van der Waals surface area contributed by atoms with Gasteiger partial charge in [0.2, 0.25) is 0 Å². The van der Waals surface area contributed by atoms with Gasteiger partial charge >= 0.3 is 0 Å². The van der Waals surface area contributed by atoms with Crippen molar-refractivity contribution in [3.8, 4) is 5.69 Å². The fourth-order valence-corrected chi connectivity index (χ4v) is 3.48. The molecule has 3 aromatic heterocycles. The molecule has 4 rings (SSSR count). The summed E-state index contributed by atoms with van der Waals surface area (Å²) >= 11 is 0. The number of carbonyl (C=O) groups is 1. The monoisotopic (exact) mass is 415 g/mol. The quantitative estimate of drug-likeness (QED) is 0.497. The first kappa shape index (κ1) is 20.5. The normalized spacial score (nSPS) is 12.0. The molecule has 0 radical (unpaired) electrons. The van der Waals surface area contributed by atoms with Crippen molar-refractivity contribution < 1.29 is 4.79 Å². The molecule has 0 bridgehead atoms. The zero-order valence-corrected chi connectivity index (χ0v) is 17.9. The molecule has 0 saturated heterocycles. The zero-order valence-electron chi connectivity index (χ0n) is 17.9. The summed E-state index contributed by atoms with van der Waals surface area (Å²) in [6.07, 6.45) is 3.93. The van der Waals surface area contributed by atoms with Gasteiger partial charge in [-0.3, -0.25) is 4.79 Å². The van der Waals surface area contributed by atoms with Crippen molar-refractivity contribution in [2.45, 2.75) is 26.3 Å². The van der Waals surface area contributed by atoms with E-state index in [1.165, 1.54) is 4.80 Å². The first-order valence-corrected chi connectivity index (χ1v) is 10.3. The van der Waals surface area contributed by atoms with E-state index >= 15 is 0 Å². The number of nitrogens with one attached hydrogen (secondary N) is 1. The number of para-hydroxylation sites is 1. The highest BCUT2D eigenvalue weighted by Crippen LogP contribution is 2.18. The van der Waals surface area contributed by atoms with E-state index in [0.29, 0.717) is 17.9 Å². The molecule has 0 fully saturated rings. The lowest BCUT2D eigenvalue weighted by Crippen LogP contribution is -2.42. The molecule has 0 aliphatic rings. The number of anilines is 1. The minimum atomic E-state index is -0.170. The summed E-state index contributed by atoms with van der Waals surface area (Å²) in [6, 6.07) is 15.6. The number of hydrogen-bond acceptors (Lipinski definition) is 6. The Labute approximate surface area is 180 Å². The maximum Gasteiger partial charge on any atom is 0.274 e. The van der Waals surface area contributed by atoms with Crippen LogP contribution in [0.25, 0.3) is 16.6 Å². The number of rotatable bonds is 7. The van der Waals surface area contributed by atoms with Crippen molar-refractivity contribution in [1.82, 2.24) is 29.9 Å². The van der Waals surface area contributed by atoms with Gasteiger partial charge in [-0.25, -0.2) is 9.97 Å². The largest absolute Gasteiger partial charge is 0.368 e. The number of carbonyl (C=O) groups excluding carboxylic acids is 1. The number of amides is 1. The number of likely N-dealkylation sites (N-methyl/N-ethyl adjacent to an activating group) is 1. The maximum atomic E-state index is 13.4. The van der Waals surface area contributed by atoms with Crippen LogP contribution in [-0.2, 0) is 0 Å². The average Bonchev–Trinajstić information content (AvgIpc) is 3.33. The SMILES string of the molecule is CCC(CNc1ccc2ccccc2n1)N(C)C(=O)c1nc(C)ccc1-n1nccn1. The van der Waals surface area contributed by atoms with Crippen molar-refractivity contribution in [3.63, 3.8) is 0 Å². The standard InChI is InChI=1S/C23H25N7O/c1-4-18(15-24-21-12-10-17-7-5-6-8-19(17)28-21)29(3)23(31)22-20(11-9-16(2)27-22)30-25-13-14-26-30/h5-14,18H,4,15H2,1-3H3,(H,24,28). The molecule has 0 spiro atoms. The van der Waals surface area contributed by atoms with Crippen LogP contribution in [0.1, 0.15) is 29.5 Å². The molecule has 8 nitrogen and oxygen atoms in total. The number of pyridine rings is 2. The molecule has 1 amide bonds. The fourth-order valence-electron chi connectivity index (χ4n) is 3.48. The number of fused-ring (bicyclic) bond motifs is 1. The summed E-state index contributed by atoms with van der Waals surface area (Å²) in [5.74, 6) is 0.615. The molecule has 31 heavy (non-hydrogen) atoms. The molecule has 0 aliphatic heterocycles. The number of hydrogen-bond donors (Lipinski definition) is 1. The third-order valence-corrected chi connectivity index (χ3v) is 5.31. The summed E-state index contributed by atoms with van der Waals surface area (Å²) in [4.78, 5) is 25.6. The molecule has 3 heterocycles. The molecule has 8 heteroatoms. The molecule has 0 saturated carbocycles. The Morgan fingerprint density at radius 3 is 2.61 bits per heavy atom. The van der Waals surface area contributed by atoms with Crippen LogP contribution in [0.2, 0.25) is 0 Å². The Morgan fingerprint density at radius 2 is 1.84 bits per heavy atom. The van der Waals surface area contributed by atoms with Gasteiger partial charge in [-0.15, -0.1) is 4.80 Å². The van der Waals surface area contributed by atoms with E-state index in [1.807, 2.05) is 55.5 Å². The van der Waals surface area contributed by atoms with Gasteiger partial charge in [0.25, 0.3) is 5.91 Å². The van der Waals surface area contributed by atoms with Crippen LogP contribution in [0.5, 0.6) is 0 Å². The van der Waals surface area contributed by atoms with E-state index in [9.17, 15) is 4.79 Å². The van der Waals surface area contributed by atoms with E-state index in [4.69, 9.17) is 0 Å². The molecule has 0 aliphatic carbocycles. The molecular formula is C23H25N7O. The van der Waals surface area contributed by atoms with Crippen LogP contribution in [0, 0.1) is 6.92 Å². The summed E-state index contributed by atoms with van der Waals surface area (Å²) in [5.41, 5.74) is 2.59. The molecule has 1 unspecified atom stereocenters. The lowest BCUT2D eigenvalue weighted by Gasteiger charge is -2.28. The zero-order chi connectivity index (χ0) is 21.8. The summed E-state index contributed by atoms with van der Waals surface area (Å²) in [5, 5.41) is 12.8. The predicted molar refractivity (Wildman–Crippen MR) is 120 cm³/mol. The minimum absolute atomic E-state index is 0.0403. The topological polar surface area (TPSA) is 88.8 Å². The highest BCUT2D eigenvalue weighted by atomic mass is 16.2. The lowest BCUT2D eigenvalue weighted by atomic mass is 10.1. The van der Waals surface area contributed by atoms with Gasteiger partial charge in [-0.05, 0) is 43.7 Å². The van der Waals surface area contributed by atoms with Gasteiger partial charge in [-0.1, -0.05) is 25.1 Å². The number of benzene rings is 1. The Balaban J connectivity index is 1.52. The molecule has 158 valence electrons. The molecule has 4 aromatic rings. The van der Waals surface area contributed by atoms with Gasteiger partial charge in [-0.2, -0.15) is 10.2 Å². The third kappa shape index (κ3) is 4.37. The smallest absolute Gasteiger partial charge is 0.274 e. The van der Waals surface area contributed by atoms with Gasteiger partial charge in [0, 0.05) is 30.7 Å². The molecule has 1 aromatic carbocycles. The van der Waals surface area contributed by atoms with Crippen molar-refractivity contribution in [3.05, 3.63) is 72.3 Å². The van der Waals surface area contributed by atoms with E-state index in [0.717, 1.165) is 28.8 Å². The van der Waals surface area contributed by atoms with E-state index in [-0.39, 0.29) is 11.9 Å². The van der Waals surface area contributed by atoms with Crippen LogP contribution < -0.4 is 5.32 Å². The van der Waals surface area contributed by atoms with Crippen molar-refractivity contribution in [1.29, 1.82) is 0 Å². The second kappa shape index (κ2) is 8.91. The van der Waals surface area contributed by atoms with E-state index in [2.05, 4.69) is 32.4 Å². The predicted octanol–water partition coefficient (Wildman–Crippen LogP) is 3.48. The van der Waals surface area contributed by atoms with Crippen LogP contribution in [0.4, 0.5) is 5.82 Å². The molecule has 1 N–H and O–H groups in total. The summed E-state index contributed by atoms with van der Waals surface area (Å²) < 4.78 is 0. The van der Waals surface area contributed by atoms with Gasteiger partial charge in [0.1, 0.15) is 11.5 Å². The first-order chi connectivity index (χ1) is 15.1. The number of nitrogens with zero attached hydrogens (tertiary/aromatic N) is 6. The number of aromatic nitrogens is 5. The molecular weight excluding hydrogens is 390 g/mol. The summed E-state index contributed by atoms with van der Waals surface area (Å²) in [6.45, 7) is 4.50. The second-order valence-corrected chi connectivity index (χ2v) is 7.39. The highest BCUT2D eigenvalue weighted by molar-refractivity contribution is 5.95. The minimum Gasteiger partial charge on any atom is -0.368 e. The molecule has 1 atom stereocenters. The van der Waals surface area contributed by atoms with Crippen LogP contribution in [0.3, 0.4) is 0 Å². The van der Waals surface area contributed by atoms with Crippen molar-refractivity contribution in [2.75, 3.05) is 18.9 Å². The second-order valence-electron chi connectivity index (χ2n) is 7.39. The van der Waals surface area contributed by atoms with Crippen LogP contribution in [0.15, 0.2) is 60.9 Å². The Morgan fingerprint density at radius 1 is 1.06 bits per heavy atom. The van der Waals surface area contributed by atoms with E-state index in [1.54, 1.807) is 24.3 Å². The lowest BCUT2D eigenvalue weighted by molar-refractivity contribution is 0.0729. The Hall–Kier alpha value is -3.81. The van der Waals surface area contributed by atoms with Gasteiger partial charge in [0.05, 0.1) is 17.9 Å². The van der Waals surface area contributed by atoms with Gasteiger partial charge < -0.3 is 10.2 Å². The van der Waals surface area contributed by atoms with E-state index < -0.39 is 0 Å². The maximum absolute atomic E-state index is 13.4. The van der Waals surface area contributed by atoms with Crippen LogP contribution in [-0.4, -0.2) is 55.4 Å². The number of aryl methyl sites for hydroxylation is 1. The summed E-state index contributed by atoms with van der Waals surface area (Å²) in [7, 11) is 1.80. The Bertz CT molecular complexity index is 1190. The highest BCUT2D eigenvalue weighted by Gasteiger charge is 2.24. The fraction of sp³-hybridized carbons (Fsp3) is 0.261. The first-order valence-electron chi connectivity index (χ1n) is 10.3. The van der Waals surface area contributed by atoms with Gasteiger partial charge in [0.15, 0.2) is 5.69 Å².